The highest BCUT2D eigenvalue weighted by molar-refractivity contribution is 6.30. The maximum Gasteiger partial charge on any atom is 0.326 e. The third-order valence-corrected chi connectivity index (χ3v) is 3.83. The lowest BCUT2D eigenvalue weighted by Gasteiger charge is -2.09. The van der Waals surface area contributed by atoms with Gasteiger partial charge in [0.05, 0.1) is 0 Å². The molecule has 2 N–H and O–H groups in total. The van der Waals surface area contributed by atoms with Crippen LogP contribution in [0.25, 0.3) is 11.8 Å². The Labute approximate surface area is 132 Å². The fraction of sp³-hybridized carbons (Fsp3) is 0.125. The first kappa shape index (κ1) is 14.4. The van der Waals surface area contributed by atoms with E-state index in [1.165, 1.54) is 0 Å². The maximum absolute atomic E-state index is 11.6. The van der Waals surface area contributed by atoms with Crippen molar-refractivity contribution in [2.45, 2.75) is 13.8 Å². The standard InChI is InChI=1S/C16H14ClN3O2/c1-9-7-11(8-14-15(21)19-16(22)18-14)10(2)20(9)13-5-3-12(17)4-6-13/h3-8H,1-2H3,(H2,18,19,21,22)/b14-8-. The molecule has 0 bridgehead atoms. The Morgan fingerprint density at radius 1 is 1.09 bits per heavy atom. The average molecular weight is 316 g/mol. The van der Waals surface area contributed by atoms with Crippen molar-refractivity contribution in [3.05, 3.63) is 58.0 Å². The van der Waals surface area contributed by atoms with Crippen LogP contribution in [0, 0.1) is 13.8 Å². The van der Waals surface area contributed by atoms with Gasteiger partial charge >= 0.3 is 6.03 Å². The predicted molar refractivity (Wildman–Crippen MR) is 84.9 cm³/mol. The van der Waals surface area contributed by atoms with Crippen molar-refractivity contribution in [1.29, 1.82) is 0 Å². The molecule has 0 aliphatic carbocycles. The van der Waals surface area contributed by atoms with Crippen molar-refractivity contribution < 1.29 is 9.59 Å². The number of benzene rings is 1. The van der Waals surface area contributed by atoms with Gasteiger partial charge in [-0.1, -0.05) is 11.6 Å². The van der Waals surface area contributed by atoms with E-state index in [4.69, 9.17) is 11.6 Å². The molecule has 0 saturated carbocycles. The van der Waals surface area contributed by atoms with E-state index in [-0.39, 0.29) is 5.70 Å². The lowest BCUT2D eigenvalue weighted by atomic mass is 10.2. The Balaban J connectivity index is 2.04. The number of urea groups is 1. The zero-order chi connectivity index (χ0) is 15.9. The highest BCUT2D eigenvalue weighted by Crippen LogP contribution is 2.24. The zero-order valence-corrected chi connectivity index (χ0v) is 12.9. The Kier molecular flexibility index (Phi) is 3.50. The molecule has 2 aromatic rings. The average Bonchev–Trinajstić information content (AvgIpc) is 2.92. The van der Waals surface area contributed by atoms with Gasteiger partial charge in [-0.3, -0.25) is 10.1 Å². The molecule has 1 aliphatic rings. The molecule has 0 unspecified atom stereocenters. The first-order valence-electron chi connectivity index (χ1n) is 6.74. The Bertz CT molecular complexity index is 804. The summed E-state index contributed by atoms with van der Waals surface area (Å²) in [6.07, 6.45) is 1.68. The van der Waals surface area contributed by atoms with E-state index in [0.29, 0.717) is 5.02 Å². The summed E-state index contributed by atoms with van der Waals surface area (Å²) in [7, 11) is 0. The van der Waals surface area contributed by atoms with Crippen LogP contribution in [-0.2, 0) is 4.79 Å². The molecule has 0 atom stereocenters. The van der Waals surface area contributed by atoms with Gasteiger partial charge < -0.3 is 9.88 Å². The minimum atomic E-state index is -0.497. The molecule has 112 valence electrons. The fourth-order valence-electron chi connectivity index (χ4n) is 2.56. The van der Waals surface area contributed by atoms with E-state index >= 15 is 0 Å². The van der Waals surface area contributed by atoms with Crippen LogP contribution in [0.1, 0.15) is 17.0 Å². The van der Waals surface area contributed by atoms with E-state index in [9.17, 15) is 9.59 Å². The van der Waals surface area contributed by atoms with Gasteiger partial charge in [0.15, 0.2) is 0 Å². The van der Waals surface area contributed by atoms with E-state index in [1.807, 2.05) is 44.2 Å². The van der Waals surface area contributed by atoms with Gasteiger partial charge in [-0.05, 0) is 55.8 Å². The summed E-state index contributed by atoms with van der Waals surface area (Å²) < 4.78 is 2.07. The number of amides is 3. The van der Waals surface area contributed by atoms with E-state index in [1.54, 1.807) is 6.08 Å². The van der Waals surface area contributed by atoms with Crippen molar-refractivity contribution in [2.75, 3.05) is 0 Å². The monoisotopic (exact) mass is 315 g/mol. The summed E-state index contributed by atoms with van der Waals surface area (Å²) in [5, 5.41) is 5.36. The molecule has 1 aromatic carbocycles. The zero-order valence-electron chi connectivity index (χ0n) is 12.1. The van der Waals surface area contributed by atoms with Gasteiger partial charge in [0.2, 0.25) is 0 Å². The third-order valence-electron chi connectivity index (χ3n) is 3.57. The van der Waals surface area contributed by atoms with E-state index < -0.39 is 11.9 Å². The van der Waals surface area contributed by atoms with Crippen LogP contribution >= 0.6 is 11.6 Å². The number of halogens is 1. The molecule has 1 fully saturated rings. The largest absolute Gasteiger partial charge is 0.326 e. The molecule has 22 heavy (non-hydrogen) atoms. The number of rotatable bonds is 2. The number of hydrogen-bond donors (Lipinski definition) is 2. The number of carbonyl (C=O) groups is 2. The van der Waals surface area contributed by atoms with Gasteiger partial charge in [-0.25, -0.2) is 4.79 Å². The van der Waals surface area contributed by atoms with Crippen molar-refractivity contribution >= 4 is 29.6 Å². The van der Waals surface area contributed by atoms with Crippen molar-refractivity contribution in [3.63, 3.8) is 0 Å². The van der Waals surface area contributed by atoms with Crippen LogP contribution in [-0.4, -0.2) is 16.5 Å². The van der Waals surface area contributed by atoms with Gasteiger partial charge in [0.25, 0.3) is 5.91 Å². The molecule has 1 aromatic heterocycles. The summed E-state index contributed by atoms with van der Waals surface area (Å²) in [5.41, 5.74) is 4.11. The molecular weight excluding hydrogens is 302 g/mol. The summed E-state index contributed by atoms with van der Waals surface area (Å²) in [5.74, 6) is -0.415. The van der Waals surface area contributed by atoms with E-state index in [2.05, 4.69) is 15.2 Å². The Morgan fingerprint density at radius 3 is 2.36 bits per heavy atom. The second-order valence-corrected chi connectivity index (χ2v) is 5.54. The molecule has 0 radical (unpaired) electrons. The minimum Gasteiger partial charge on any atom is -0.318 e. The van der Waals surface area contributed by atoms with Crippen LogP contribution in [0.5, 0.6) is 0 Å². The highest BCUT2D eigenvalue weighted by Gasteiger charge is 2.23. The van der Waals surface area contributed by atoms with Gasteiger partial charge in [-0.15, -0.1) is 0 Å². The van der Waals surface area contributed by atoms with Crippen LogP contribution in [0.2, 0.25) is 5.02 Å². The van der Waals surface area contributed by atoms with Gasteiger partial charge in [-0.2, -0.15) is 0 Å². The van der Waals surface area contributed by atoms with Crippen molar-refractivity contribution in [1.82, 2.24) is 15.2 Å². The number of nitrogens with one attached hydrogen (secondary N) is 2. The molecule has 1 saturated heterocycles. The van der Waals surface area contributed by atoms with Crippen LogP contribution in [0.4, 0.5) is 4.79 Å². The maximum atomic E-state index is 11.6. The lowest BCUT2D eigenvalue weighted by Crippen LogP contribution is -2.22. The molecule has 5 nitrogen and oxygen atoms in total. The van der Waals surface area contributed by atoms with Crippen molar-refractivity contribution in [2.24, 2.45) is 0 Å². The predicted octanol–water partition coefficient (Wildman–Crippen LogP) is 2.93. The molecule has 2 heterocycles. The lowest BCUT2D eigenvalue weighted by molar-refractivity contribution is -0.115. The fourth-order valence-corrected chi connectivity index (χ4v) is 2.69. The van der Waals surface area contributed by atoms with Crippen LogP contribution in [0.15, 0.2) is 36.0 Å². The summed E-state index contributed by atoms with van der Waals surface area (Å²) in [6, 6.07) is 9.00. The van der Waals surface area contributed by atoms with Crippen LogP contribution < -0.4 is 10.6 Å². The summed E-state index contributed by atoms with van der Waals surface area (Å²) in [4.78, 5) is 22.8. The first-order chi connectivity index (χ1) is 10.5. The Hall–Kier alpha value is -2.53. The smallest absolute Gasteiger partial charge is 0.318 e. The van der Waals surface area contributed by atoms with Gasteiger partial charge in [0.1, 0.15) is 5.70 Å². The number of nitrogens with zero attached hydrogens (tertiary/aromatic N) is 1. The van der Waals surface area contributed by atoms with Crippen molar-refractivity contribution in [3.8, 4) is 5.69 Å². The SMILES string of the molecule is Cc1cc(/C=C2\NC(=O)NC2=O)c(C)n1-c1ccc(Cl)cc1. The van der Waals surface area contributed by atoms with Crippen LogP contribution in [0.3, 0.4) is 0 Å². The molecule has 3 amide bonds. The number of hydrogen-bond acceptors (Lipinski definition) is 2. The number of aryl methyl sites for hydroxylation is 1. The van der Waals surface area contributed by atoms with E-state index in [0.717, 1.165) is 22.6 Å². The number of aromatic nitrogens is 1. The van der Waals surface area contributed by atoms with Gasteiger partial charge in [0, 0.05) is 22.1 Å². The molecule has 3 rings (SSSR count). The molecule has 1 aliphatic heterocycles. The summed E-state index contributed by atoms with van der Waals surface area (Å²) in [6.45, 7) is 3.94. The summed E-state index contributed by atoms with van der Waals surface area (Å²) >= 11 is 5.92. The number of carbonyl (C=O) groups excluding carboxylic acids is 2. The number of imide groups is 1. The first-order valence-corrected chi connectivity index (χ1v) is 7.12. The molecule has 0 spiro atoms. The third kappa shape index (κ3) is 2.51. The molecular formula is C16H14ClN3O2. The minimum absolute atomic E-state index is 0.251. The normalized spacial score (nSPS) is 16.0. The quantitative estimate of drug-likeness (QED) is 0.661. The topological polar surface area (TPSA) is 63.1 Å². The molecule has 6 heteroatoms. The Morgan fingerprint density at radius 2 is 1.77 bits per heavy atom. The highest BCUT2D eigenvalue weighted by atomic mass is 35.5. The second kappa shape index (κ2) is 5.35. The second-order valence-electron chi connectivity index (χ2n) is 5.10.